The fraction of sp³-hybridized carbons (Fsp3) is 0.385. The molecule has 1 N–H and O–H groups in total. The third-order valence-electron chi connectivity index (χ3n) is 6.17. The Morgan fingerprint density at radius 2 is 1.94 bits per heavy atom. The summed E-state index contributed by atoms with van der Waals surface area (Å²) in [5.41, 5.74) is 2.85. The lowest BCUT2D eigenvalue weighted by Crippen LogP contribution is -2.28. The molecule has 3 aromatic rings. The molecule has 33 heavy (non-hydrogen) atoms. The molecule has 1 saturated carbocycles. The maximum Gasteiger partial charge on any atom is 0.258 e. The number of rotatable bonds is 8. The van der Waals surface area contributed by atoms with E-state index in [0.717, 1.165) is 28.6 Å². The summed E-state index contributed by atoms with van der Waals surface area (Å²) in [5, 5.41) is 3.92. The van der Waals surface area contributed by atoms with Gasteiger partial charge in [0.05, 0.1) is 5.52 Å². The van der Waals surface area contributed by atoms with Gasteiger partial charge in [-0.25, -0.2) is 0 Å². The number of aromatic nitrogens is 1. The van der Waals surface area contributed by atoms with Crippen molar-refractivity contribution in [3.05, 3.63) is 63.9 Å². The van der Waals surface area contributed by atoms with Crippen LogP contribution in [0, 0.1) is 5.92 Å². The second kappa shape index (κ2) is 8.81. The number of fused-ring (bicyclic) bond motifs is 2. The van der Waals surface area contributed by atoms with Crippen LogP contribution in [-0.4, -0.2) is 23.9 Å². The van der Waals surface area contributed by atoms with Gasteiger partial charge in [0, 0.05) is 30.6 Å². The fourth-order valence-electron chi connectivity index (χ4n) is 4.15. The van der Waals surface area contributed by atoms with Gasteiger partial charge in [0.25, 0.3) is 11.5 Å². The van der Waals surface area contributed by atoms with E-state index >= 15 is 0 Å². The molecule has 5 rings (SSSR count). The second-order valence-electron chi connectivity index (χ2n) is 9.08. The van der Waals surface area contributed by atoms with Crippen molar-refractivity contribution in [3.63, 3.8) is 0 Å². The number of hydrogen-bond acceptors (Lipinski definition) is 5. The Balaban J connectivity index is 1.28. The molecule has 0 atom stereocenters. The van der Waals surface area contributed by atoms with Gasteiger partial charge in [-0.3, -0.25) is 9.59 Å². The standard InChI is InChI=1S/C26H28N2O5/c1-16(2)21-11-26(30)28(13-17-3-4-17)22-10-19(6-7-20(21)22)31-14-25(29)27-12-18-5-8-23-24(9-18)33-15-32-23/h5-11,16-17H,3-4,12-15H2,1-2H3,(H,27,29). The number of nitrogens with one attached hydrogen (secondary N) is 1. The van der Waals surface area contributed by atoms with Crippen LogP contribution in [0.3, 0.4) is 0 Å². The Morgan fingerprint density at radius 1 is 1.12 bits per heavy atom. The summed E-state index contributed by atoms with van der Waals surface area (Å²) in [6.45, 7) is 5.40. The summed E-state index contributed by atoms with van der Waals surface area (Å²) in [6, 6.07) is 13.1. The zero-order valence-corrected chi connectivity index (χ0v) is 18.9. The number of amides is 1. The summed E-state index contributed by atoms with van der Waals surface area (Å²) in [5.74, 6) is 2.56. The van der Waals surface area contributed by atoms with Crippen LogP contribution in [0.5, 0.6) is 17.2 Å². The van der Waals surface area contributed by atoms with Gasteiger partial charge in [-0.1, -0.05) is 19.9 Å². The van der Waals surface area contributed by atoms with Crippen molar-refractivity contribution in [1.82, 2.24) is 9.88 Å². The molecule has 2 aliphatic rings. The van der Waals surface area contributed by atoms with E-state index < -0.39 is 0 Å². The molecule has 0 saturated heterocycles. The van der Waals surface area contributed by atoms with Crippen molar-refractivity contribution in [2.24, 2.45) is 5.92 Å². The summed E-state index contributed by atoms with van der Waals surface area (Å²) >= 11 is 0. The molecule has 1 amide bonds. The van der Waals surface area contributed by atoms with Gasteiger partial charge in [-0.05, 0) is 60.1 Å². The second-order valence-corrected chi connectivity index (χ2v) is 9.08. The summed E-state index contributed by atoms with van der Waals surface area (Å²) in [6.07, 6.45) is 2.33. The van der Waals surface area contributed by atoms with Gasteiger partial charge in [0.2, 0.25) is 6.79 Å². The van der Waals surface area contributed by atoms with Crippen LogP contribution < -0.4 is 25.1 Å². The smallest absolute Gasteiger partial charge is 0.258 e. The van der Waals surface area contributed by atoms with Crippen molar-refractivity contribution >= 4 is 16.8 Å². The van der Waals surface area contributed by atoms with E-state index in [1.165, 1.54) is 12.8 Å². The Labute approximate surface area is 192 Å². The largest absolute Gasteiger partial charge is 0.484 e. The first-order valence-corrected chi connectivity index (χ1v) is 11.4. The summed E-state index contributed by atoms with van der Waals surface area (Å²) < 4.78 is 18.3. The van der Waals surface area contributed by atoms with Gasteiger partial charge < -0.3 is 24.1 Å². The highest BCUT2D eigenvalue weighted by Crippen LogP contribution is 2.34. The van der Waals surface area contributed by atoms with E-state index in [1.807, 2.05) is 41.0 Å². The van der Waals surface area contributed by atoms with Gasteiger partial charge in [0.1, 0.15) is 5.75 Å². The molecule has 0 unspecified atom stereocenters. The third kappa shape index (κ3) is 4.67. The number of ether oxygens (including phenoxy) is 3. The Bertz CT molecular complexity index is 1260. The number of carbonyl (C=O) groups is 1. The predicted molar refractivity (Wildman–Crippen MR) is 125 cm³/mol. The molecule has 2 aromatic carbocycles. The molecule has 172 valence electrons. The van der Waals surface area contributed by atoms with Crippen molar-refractivity contribution in [3.8, 4) is 17.2 Å². The maximum atomic E-state index is 12.8. The summed E-state index contributed by atoms with van der Waals surface area (Å²) in [7, 11) is 0. The highest BCUT2D eigenvalue weighted by Gasteiger charge is 2.24. The number of nitrogens with zero attached hydrogens (tertiary/aromatic N) is 1. The van der Waals surface area contributed by atoms with Crippen molar-refractivity contribution < 1.29 is 19.0 Å². The zero-order chi connectivity index (χ0) is 22.9. The number of hydrogen-bond donors (Lipinski definition) is 1. The first kappa shape index (κ1) is 21.4. The van der Waals surface area contributed by atoms with E-state index in [0.29, 0.717) is 29.7 Å². The average Bonchev–Trinajstić information content (AvgIpc) is 3.51. The molecule has 2 heterocycles. The van der Waals surface area contributed by atoms with Crippen LogP contribution in [0.1, 0.15) is 43.7 Å². The minimum absolute atomic E-state index is 0.0247. The Hall–Kier alpha value is -3.48. The predicted octanol–water partition coefficient (Wildman–Crippen LogP) is 3.96. The van der Waals surface area contributed by atoms with Crippen LogP contribution in [0.25, 0.3) is 10.9 Å². The number of pyridine rings is 1. The molecule has 7 nitrogen and oxygen atoms in total. The molecule has 0 radical (unpaired) electrons. The molecule has 0 bridgehead atoms. The lowest BCUT2D eigenvalue weighted by molar-refractivity contribution is -0.123. The molecule has 7 heteroatoms. The molecule has 1 aliphatic heterocycles. The van der Waals surface area contributed by atoms with Crippen LogP contribution in [0.4, 0.5) is 0 Å². The van der Waals surface area contributed by atoms with E-state index in [2.05, 4.69) is 19.2 Å². The third-order valence-corrected chi connectivity index (χ3v) is 6.17. The minimum Gasteiger partial charge on any atom is -0.484 e. The molecule has 0 spiro atoms. The number of benzene rings is 2. The molecule has 1 aromatic heterocycles. The Kier molecular flexibility index (Phi) is 5.70. The topological polar surface area (TPSA) is 78.8 Å². The fourth-order valence-corrected chi connectivity index (χ4v) is 4.15. The van der Waals surface area contributed by atoms with Crippen molar-refractivity contribution in [2.75, 3.05) is 13.4 Å². The first-order chi connectivity index (χ1) is 16.0. The first-order valence-electron chi connectivity index (χ1n) is 11.4. The SMILES string of the molecule is CC(C)c1cc(=O)n(CC2CC2)c2cc(OCC(=O)NCc3ccc4c(c3)OCO4)ccc12. The quantitative estimate of drug-likeness (QED) is 0.564. The van der Waals surface area contributed by atoms with Crippen LogP contribution >= 0.6 is 0 Å². The molecule has 1 fully saturated rings. The monoisotopic (exact) mass is 448 g/mol. The lowest BCUT2D eigenvalue weighted by atomic mass is 9.98. The van der Waals surface area contributed by atoms with Gasteiger partial charge >= 0.3 is 0 Å². The molecular formula is C26H28N2O5. The van der Waals surface area contributed by atoms with E-state index in [1.54, 1.807) is 6.07 Å². The van der Waals surface area contributed by atoms with Crippen LogP contribution in [0.15, 0.2) is 47.3 Å². The normalized spacial score (nSPS) is 14.6. The maximum absolute atomic E-state index is 12.8. The highest BCUT2D eigenvalue weighted by atomic mass is 16.7. The van der Waals surface area contributed by atoms with Crippen LogP contribution in [0.2, 0.25) is 0 Å². The van der Waals surface area contributed by atoms with Crippen molar-refractivity contribution in [1.29, 1.82) is 0 Å². The zero-order valence-electron chi connectivity index (χ0n) is 18.9. The van der Waals surface area contributed by atoms with E-state index in [4.69, 9.17) is 14.2 Å². The molecular weight excluding hydrogens is 420 g/mol. The minimum atomic E-state index is -0.223. The van der Waals surface area contributed by atoms with Gasteiger partial charge in [-0.2, -0.15) is 0 Å². The molecule has 1 aliphatic carbocycles. The lowest BCUT2D eigenvalue weighted by Gasteiger charge is -2.16. The summed E-state index contributed by atoms with van der Waals surface area (Å²) in [4.78, 5) is 25.2. The number of carbonyl (C=O) groups excluding carboxylic acids is 1. The Morgan fingerprint density at radius 3 is 2.73 bits per heavy atom. The van der Waals surface area contributed by atoms with Crippen molar-refractivity contribution in [2.45, 2.75) is 45.7 Å². The van der Waals surface area contributed by atoms with E-state index in [-0.39, 0.29) is 30.8 Å². The average molecular weight is 449 g/mol. The van der Waals surface area contributed by atoms with Gasteiger partial charge in [0.15, 0.2) is 18.1 Å². The van der Waals surface area contributed by atoms with E-state index in [9.17, 15) is 9.59 Å². The van der Waals surface area contributed by atoms with Crippen LogP contribution in [-0.2, 0) is 17.9 Å². The highest BCUT2D eigenvalue weighted by molar-refractivity contribution is 5.85. The van der Waals surface area contributed by atoms with Gasteiger partial charge in [-0.15, -0.1) is 0 Å².